The number of aliphatic hydroxyl groups excluding tert-OH is 1. The molecule has 0 amide bonds. The third kappa shape index (κ3) is 2.22. The number of benzene rings is 1. The second-order valence-electron chi connectivity index (χ2n) is 4.87. The maximum Gasteiger partial charge on any atom is 0.146 e. The van der Waals surface area contributed by atoms with Gasteiger partial charge < -0.3 is 20.5 Å². The fraction of sp³-hybridized carbons (Fsp3) is 0.385. The number of fused-ring (bicyclic) bond motifs is 1. The molecular formula is C13H18N2O2. The van der Waals surface area contributed by atoms with Gasteiger partial charge in [0.1, 0.15) is 17.6 Å². The molecular weight excluding hydrogens is 216 g/mol. The van der Waals surface area contributed by atoms with Gasteiger partial charge in [-0.05, 0) is 38.1 Å². The van der Waals surface area contributed by atoms with E-state index in [1.807, 2.05) is 24.8 Å². The molecule has 0 aromatic heterocycles. The van der Waals surface area contributed by atoms with Gasteiger partial charge in [-0.15, -0.1) is 0 Å². The predicted molar refractivity (Wildman–Crippen MR) is 69.1 cm³/mol. The average Bonchev–Trinajstić information content (AvgIpc) is 2.27. The van der Waals surface area contributed by atoms with Crippen molar-refractivity contribution in [1.29, 1.82) is 0 Å². The Morgan fingerprint density at radius 1 is 1.59 bits per heavy atom. The van der Waals surface area contributed by atoms with Crippen LogP contribution in [0.4, 0.5) is 11.4 Å². The molecule has 4 nitrogen and oxygen atoms in total. The average molecular weight is 234 g/mol. The van der Waals surface area contributed by atoms with Crippen molar-refractivity contribution in [2.45, 2.75) is 25.7 Å². The molecule has 1 aliphatic rings. The van der Waals surface area contributed by atoms with Crippen molar-refractivity contribution in [2.24, 2.45) is 0 Å². The maximum absolute atomic E-state index is 9.96. The van der Waals surface area contributed by atoms with E-state index < -0.39 is 6.23 Å². The smallest absolute Gasteiger partial charge is 0.146 e. The number of hydrogen-bond donors (Lipinski definition) is 2. The largest absolute Gasteiger partial charge is 0.484 e. The highest BCUT2D eigenvalue weighted by Crippen LogP contribution is 2.39. The topological polar surface area (TPSA) is 58.7 Å². The van der Waals surface area contributed by atoms with E-state index in [1.54, 1.807) is 12.1 Å². The second-order valence-corrected chi connectivity index (χ2v) is 4.87. The molecule has 1 unspecified atom stereocenters. The van der Waals surface area contributed by atoms with Crippen molar-refractivity contribution in [2.75, 3.05) is 17.2 Å². The molecule has 0 aliphatic carbocycles. The standard InChI is InChI=1S/C13H18N2O2/c1-4-12(16)15-8-13(2,3)17-11-6-5-9(14)7-10(11)15/h4-7,12,16H,1,8,14H2,2-3H3. The normalized spacial score (nSPS) is 19.1. The molecule has 3 N–H and O–H groups in total. The van der Waals surface area contributed by atoms with E-state index in [0.29, 0.717) is 12.2 Å². The summed E-state index contributed by atoms with van der Waals surface area (Å²) in [5, 5.41) is 9.96. The Morgan fingerprint density at radius 2 is 2.29 bits per heavy atom. The monoisotopic (exact) mass is 234 g/mol. The van der Waals surface area contributed by atoms with Crippen molar-refractivity contribution in [1.82, 2.24) is 0 Å². The molecule has 0 radical (unpaired) electrons. The summed E-state index contributed by atoms with van der Waals surface area (Å²) in [7, 11) is 0. The molecule has 92 valence electrons. The van der Waals surface area contributed by atoms with Crippen molar-refractivity contribution in [3.63, 3.8) is 0 Å². The van der Waals surface area contributed by atoms with Gasteiger partial charge in [-0.1, -0.05) is 6.58 Å². The van der Waals surface area contributed by atoms with Crippen LogP contribution in [0, 0.1) is 0 Å². The first-order chi connectivity index (χ1) is 7.93. The zero-order valence-corrected chi connectivity index (χ0v) is 10.2. The van der Waals surface area contributed by atoms with Crippen LogP contribution in [-0.4, -0.2) is 23.5 Å². The van der Waals surface area contributed by atoms with E-state index in [2.05, 4.69) is 6.58 Å². The molecule has 17 heavy (non-hydrogen) atoms. The first-order valence-corrected chi connectivity index (χ1v) is 5.59. The lowest BCUT2D eigenvalue weighted by Gasteiger charge is -2.42. The van der Waals surface area contributed by atoms with Gasteiger partial charge in [0.2, 0.25) is 0 Å². The predicted octanol–water partition coefficient (Wildman–Crippen LogP) is 1.75. The summed E-state index contributed by atoms with van der Waals surface area (Å²) in [6, 6.07) is 5.42. The summed E-state index contributed by atoms with van der Waals surface area (Å²) < 4.78 is 5.86. The van der Waals surface area contributed by atoms with Crippen LogP contribution >= 0.6 is 0 Å². The molecule has 0 saturated carbocycles. The molecule has 0 bridgehead atoms. The minimum absolute atomic E-state index is 0.354. The van der Waals surface area contributed by atoms with Gasteiger partial charge in [0.05, 0.1) is 12.2 Å². The van der Waals surface area contributed by atoms with E-state index in [4.69, 9.17) is 10.5 Å². The van der Waals surface area contributed by atoms with Gasteiger partial charge in [-0.3, -0.25) is 0 Å². The van der Waals surface area contributed by atoms with Crippen LogP contribution in [0.15, 0.2) is 30.9 Å². The van der Waals surface area contributed by atoms with Gasteiger partial charge >= 0.3 is 0 Å². The molecule has 0 saturated heterocycles. The van der Waals surface area contributed by atoms with Crippen molar-refractivity contribution in [3.05, 3.63) is 30.9 Å². The first-order valence-electron chi connectivity index (χ1n) is 5.59. The molecule has 1 aromatic carbocycles. The highest BCUT2D eigenvalue weighted by molar-refractivity contribution is 5.67. The Hall–Kier alpha value is -1.68. The first kappa shape index (κ1) is 11.8. The highest BCUT2D eigenvalue weighted by atomic mass is 16.5. The lowest BCUT2D eigenvalue weighted by Crippen LogP contribution is -2.50. The quantitative estimate of drug-likeness (QED) is 0.604. The molecule has 2 rings (SSSR count). The van der Waals surface area contributed by atoms with Gasteiger partial charge in [0, 0.05) is 5.69 Å². The van der Waals surface area contributed by atoms with Crippen molar-refractivity contribution >= 4 is 11.4 Å². The fourth-order valence-electron chi connectivity index (χ4n) is 2.03. The number of aliphatic hydroxyl groups is 1. The lowest BCUT2D eigenvalue weighted by molar-refractivity contribution is 0.0859. The van der Waals surface area contributed by atoms with Gasteiger partial charge in [-0.2, -0.15) is 0 Å². The van der Waals surface area contributed by atoms with Crippen LogP contribution in [0.25, 0.3) is 0 Å². The van der Waals surface area contributed by atoms with E-state index in [9.17, 15) is 5.11 Å². The SMILES string of the molecule is C=CC(O)N1CC(C)(C)Oc2ccc(N)cc21. The number of nitrogen functional groups attached to an aromatic ring is 1. The van der Waals surface area contributed by atoms with Crippen molar-refractivity contribution < 1.29 is 9.84 Å². The summed E-state index contributed by atoms with van der Waals surface area (Å²) in [5.74, 6) is 0.733. The molecule has 1 heterocycles. The van der Waals surface area contributed by atoms with Gasteiger partial charge in [0.25, 0.3) is 0 Å². The van der Waals surface area contributed by atoms with Crippen molar-refractivity contribution in [3.8, 4) is 5.75 Å². The number of rotatable bonds is 2. The van der Waals surface area contributed by atoms with E-state index >= 15 is 0 Å². The minimum Gasteiger partial charge on any atom is -0.484 e. The zero-order valence-electron chi connectivity index (χ0n) is 10.2. The maximum atomic E-state index is 9.96. The van der Waals surface area contributed by atoms with Crippen LogP contribution in [0.2, 0.25) is 0 Å². The third-order valence-corrected chi connectivity index (χ3v) is 2.76. The Morgan fingerprint density at radius 3 is 2.94 bits per heavy atom. The van der Waals surface area contributed by atoms with Crippen LogP contribution < -0.4 is 15.4 Å². The van der Waals surface area contributed by atoms with E-state index in [1.165, 1.54) is 6.08 Å². The summed E-state index contributed by atoms with van der Waals surface area (Å²) >= 11 is 0. The number of ether oxygens (including phenoxy) is 1. The Kier molecular flexibility index (Phi) is 2.75. The number of nitrogens with two attached hydrogens (primary N) is 1. The van der Waals surface area contributed by atoms with Crippen LogP contribution in [0.5, 0.6) is 5.75 Å². The summed E-state index contributed by atoms with van der Waals surface area (Å²) in [5.41, 5.74) is 6.86. The molecule has 1 aromatic rings. The lowest BCUT2D eigenvalue weighted by atomic mass is 10.0. The Bertz CT molecular complexity index is 443. The highest BCUT2D eigenvalue weighted by Gasteiger charge is 2.33. The fourth-order valence-corrected chi connectivity index (χ4v) is 2.03. The minimum atomic E-state index is -0.737. The Labute approximate surface area is 101 Å². The van der Waals surface area contributed by atoms with Gasteiger partial charge in [-0.25, -0.2) is 0 Å². The molecule has 0 fully saturated rings. The number of nitrogens with zero attached hydrogens (tertiary/aromatic N) is 1. The number of anilines is 2. The Balaban J connectivity index is 2.48. The second kappa shape index (κ2) is 3.96. The summed E-state index contributed by atoms with van der Waals surface area (Å²) in [4.78, 5) is 1.84. The van der Waals surface area contributed by atoms with E-state index in [0.717, 1.165) is 11.4 Å². The molecule has 0 spiro atoms. The van der Waals surface area contributed by atoms with Crippen LogP contribution in [0.1, 0.15) is 13.8 Å². The van der Waals surface area contributed by atoms with E-state index in [-0.39, 0.29) is 5.60 Å². The van der Waals surface area contributed by atoms with Gasteiger partial charge in [0.15, 0.2) is 0 Å². The molecule has 1 aliphatic heterocycles. The van der Waals surface area contributed by atoms with Crippen LogP contribution in [0.3, 0.4) is 0 Å². The molecule has 1 atom stereocenters. The summed E-state index contributed by atoms with van der Waals surface area (Å²) in [6.45, 7) is 8.16. The summed E-state index contributed by atoms with van der Waals surface area (Å²) in [6.07, 6.45) is 0.757. The number of hydrogen-bond acceptors (Lipinski definition) is 4. The third-order valence-electron chi connectivity index (χ3n) is 2.76. The van der Waals surface area contributed by atoms with Crippen LogP contribution in [-0.2, 0) is 0 Å². The molecule has 4 heteroatoms. The zero-order chi connectivity index (χ0) is 12.6.